The molecule has 0 fully saturated rings. The summed E-state index contributed by atoms with van der Waals surface area (Å²) in [5.74, 6) is 0. The lowest BCUT2D eigenvalue weighted by Crippen LogP contribution is -1.97. The maximum atomic E-state index is 9.03. The summed E-state index contributed by atoms with van der Waals surface area (Å²) in [6.45, 7) is 0.904. The highest BCUT2D eigenvalue weighted by Crippen LogP contribution is 2.28. The number of aliphatic hydroxyl groups is 1. The van der Waals surface area contributed by atoms with E-state index in [9.17, 15) is 0 Å². The quantitative estimate of drug-likeness (QED) is 0.725. The molecule has 3 heteroatoms. The first-order chi connectivity index (χ1) is 10.3. The number of thiophene rings is 1. The fourth-order valence-corrected chi connectivity index (χ4v) is 3.10. The molecule has 3 aromatic rings. The van der Waals surface area contributed by atoms with E-state index in [1.165, 1.54) is 15.3 Å². The van der Waals surface area contributed by atoms with Crippen LogP contribution in [0.3, 0.4) is 0 Å². The van der Waals surface area contributed by atoms with Crippen molar-refractivity contribution in [1.29, 1.82) is 0 Å². The second-order valence-corrected chi connectivity index (χ2v) is 6.01. The van der Waals surface area contributed by atoms with Crippen LogP contribution in [0.4, 0.5) is 5.69 Å². The summed E-state index contributed by atoms with van der Waals surface area (Å²) in [6.07, 6.45) is 0. The van der Waals surface area contributed by atoms with E-state index in [1.54, 1.807) is 0 Å². The van der Waals surface area contributed by atoms with Crippen molar-refractivity contribution in [1.82, 2.24) is 0 Å². The van der Waals surface area contributed by atoms with Crippen LogP contribution in [-0.4, -0.2) is 5.11 Å². The van der Waals surface area contributed by atoms with Crippen LogP contribution in [0.1, 0.15) is 10.4 Å². The summed E-state index contributed by atoms with van der Waals surface area (Å²) in [7, 11) is 0. The lowest BCUT2D eigenvalue weighted by molar-refractivity contribution is 0.282. The Hall–Kier alpha value is -2.10. The van der Waals surface area contributed by atoms with Gasteiger partial charge in [-0.1, -0.05) is 42.5 Å². The monoisotopic (exact) mass is 295 g/mol. The van der Waals surface area contributed by atoms with Gasteiger partial charge in [-0.3, -0.25) is 0 Å². The molecule has 0 aliphatic heterocycles. The normalized spacial score (nSPS) is 10.5. The van der Waals surface area contributed by atoms with Crippen LogP contribution in [0.15, 0.2) is 66.7 Å². The van der Waals surface area contributed by atoms with E-state index in [1.807, 2.05) is 41.7 Å². The van der Waals surface area contributed by atoms with Crippen LogP contribution in [0, 0.1) is 0 Å². The van der Waals surface area contributed by atoms with Gasteiger partial charge in [0.25, 0.3) is 0 Å². The van der Waals surface area contributed by atoms with Crippen molar-refractivity contribution in [2.24, 2.45) is 0 Å². The number of aliphatic hydroxyl groups excluding tert-OH is 1. The number of benzene rings is 2. The zero-order valence-electron chi connectivity index (χ0n) is 11.6. The van der Waals surface area contributed by atoms with Crippen LogP contribution in [-0.2, 0) is 13.2 Å². The summed E-state index contributed by atoms with van der Waals surface area (Å²) in [5, 5.41) is 12.4. The van der Waals surface area contributed by atoms with Crippen molar-refractivity contribution in [3.63, 3.8) is 0 Å². The predicted octanol–water partition coefficient (Wildman–Crippen LogP) is 4.52. The van der Waals surface area contributed by atoms with E-state index in [0.717, 1.165) is 17.8 Å². The molecular formula is C18H17NOS. The van der Waals surface area contributed by atoms with Gasteiger partial charge >= 0.3 is 0 Å². The van der Waals surface area contributed by atoms with E-state index in [-0.39, 0.29) is 6.61 Å². The number of hydrogen-bond acceptors (Lipinski definition) is 3. The highest BCUT2D eigenvalue weighted by molar-refractivity contribution is 7.15. The van der Waals surface area contributed by atoms with E-state index < -0.39 is 0 Å². The molecule has 0 aliphatic rings. The van der Waals surface area contributed by atoms with Gasteiger partial charge in [0.15, 0.2) is 0 Å². The molecule has 1 heterocycles. The number of anilines is 1. The third-order valence-electron chi connectivity index (χ3n) is 3.32. The zero-order chi connectivity index (χ0) is 14.5. The Bertz CT molecular complexity index is 689. The minimum Gasteiger partial charge on any atom is -0.392 e. The van der Waals surface area contributed by atoms with Crippen molar-refractivity contribution in [3.05, 3.63) is 77.2 Å². The molecule has 2 aromatic carbocycles. The number of hydrogen-bond donors (Lipinski definition) is 2. The third kappa shape index (κ3) is 3.51. The lowest BCUT2D eigenvalue weighted by Gasteiger charge is -2.05. The fraction of sp³-hybridized carbons (Fsp3) is 0.111. The number of nitrogens with one attached hydrogen (secondary N) is 1. The summed E-state index contributed by atoms with van der Waals surface area (Å²) in [6, 6.07) is 22.6. The first-order valence-electron chi connectivity index (χ1n) is 6.93. The molecule has 0 amide bonds. The molecule has 21 heavy (non-hydrogen) atoms. The molecule has 0 aliphatic carbocycles. The van der Waals surface area contributed by atoms with E-state index in [4.69, 9.17) is 5.11 Å². The number of rotatable bonds is 5. The molecule has 0 bridgehead atoms. The van der Waals surface area contributed by atoms with Crippen LogP contribution in [0.5, 0.6) is 0 Å². The summed E-state index contributed by atoms with van der Waals surface area (Å²) in [4.78, 5) is 2.60. The van der Waals surface area contributed by atoms with Crippen molar-refractivity contribution >= 4 is 17.0 Å². The van der Waals surface area contributed by atoms with Gasteiger partial charge < -0.3 is 10.4 Å². The Morgan fingerprint density at radius 2 is 1.62 bits per heavy atom. The Morgan fingerprint density at radius 3 is 2.33 bits per heavy atom. The second kappa shape index (κ2) is 6.57. The predicted molar refractivity (Wildman–Crippen MR) is 89.4 cm³/mol. The molecule has 0 atom stereocenters. The van der Waals surface area contributed by atoms with Gasteiger partial charge in [0.1, 0.15) is 0 Å². The van der Waals surface area contributed by atoms with Crippen molar-refractivity contribution in [3.8, 4) is 10.4 Å². The zero-order valence-corrected chi connectivity index (χ0v) is 12.4. The Labute approximate surface area is 128 Å². The van der Waals surface area contributed by atoms with Gasteiger partial charge in [-0.05, 0) is 35.4 Å². The van der Waals surface area contributed by atoms with Crippen LogP contribution >= 0.6 is 11.3 Å². The molecule has 2 nitrogen and oxygen atoms in total. The minimum absolute atomic E-state index is 0.0889. The topological polar surface area (TPSA) is 32.3 Å². The van der Waals surface area contributed by atoms with E-state index in [0.29, 0.717) is 0 Å². The highest BCUT2D eigenvalue weighted by atomic mass is 32.1. The average Bonchev–Trinajstić information content (AvgIpc) is 3.03. The van der Waals surface area contributed by atoms with E-state index in [2.05, 4.69) is 41.7 Å². The van der Waals surface area contributed by atoms with Crippen LogP contribution < -0.4 is 5.32 Å². The maximum Gasteiger partial charge on any atom is 0.0681 e. The Balaban J connectivity index is 1.64. The summed E-state index contributed by atoms with van der Waals surface area (Å²) >= 11 is 1.81. The first-order valence-corrected chi connectivity index (χ1v) is 7.74. The fourth-order valence-electron chi connectivity index (χ4n) is 2.15. The van der Waals surface area contributed by atoms with Gasteiger partial charge in [-0.25, -0.2) is 0 Å². The van der Waals surface area contributed by atoms with Gasteiger partial charge in [-0.15, -0.1) is 11.3 Å². The molecule has 2 N–H and O–H groups in total. The minimum atomic E-state index is 0.0889. The van der Waals surface area contributed by atoms with Crippen molar-refractivity contribution in [2.45, 2.75) is 13.2 Å². The lowest BCUT2D eigenvalue weighted by atomic mass is 10.2. The molecule has 3 rings (SSSR count). The van der Waals surface area contributed by atoms with Gasteiger partial charge in [0.2, 0.25) is 0 Å². The molecule has 1 aromatic heterocycles. The Kier molecular flexibility index (Phi) is 4.34. The molecule has 106 valence electrons. The third-order valence-corrected chi connectivity index (χ3v) is 4.46. The molecule has 0 unspecified atom stereocenters. The summed E-state index contributed by atoms with van der Waals surface area (Å²) < 4.78 is 0. The van der Waals surface area contributed by atoms with Crippen LogP contribution in [0.2, 0.25) is 0 Å². The summed E-state index contributed by atoms with van der Waals surface area (Å²) in [5.41, 5.74) is 3.27. The SMILES string of the molecule is OCc1ccc(NCc2ccc(-c3ccccc3)s2)cc1. The molecule has 0 spiro atoms. The first kappa shape index (κ1) is 13.9. The molecule has 0 radical (unpaired) electrons. The molecule has 0 saturated heterocycles. The van der Waals surface area contributed by atoms with Gasteiger partial charge in [0.05, 0.1) is 6.61 Å². The second-order valence-electron chi connectivity index (χ2n) is 4.84. The standard InChI is InChI=1S/C18H17NOS/c20-13-14-6-8-16(9-7-14)19-12-17-10-11-18(21-17)15-4-2-1-3-5-15/h1-11,19-20H,12-13H2. The molecule has 0 saturated carbocycles. The highest BCUT2D eigenvalue weighted by Gasteiger charge is 2.02. The van der Waals surface area contributed by atoms with Crippen LogP contribution in [0.25, 0.3) is 10.4 Å². The Morgan fingerprint density at radius 1 is 0.857 bits per heavy atom. The van der Waals surface area contributed by atoms with E-state index >= 15 is 0 Å². The van der Waals surface area contributed by atoms with Gasteiger partial charge in [-0.2, -0.15) is 0 Å². The van der Waals surface area contributed by atoms with Crippen molar-refractivity contribution in [2.75, 3.05) is 5.32 Å². The smallest absolute Gasteiger partial charge is 0.0681 e. The van der Waals surface area contributed by atoms with Gasteiger partial charge in [0, 0.05) is 22.0 Å². The molecular weight excluding hydrogens is 278 g/mol. The largest absolute Gasteiger partial charge is 0.392 e. The average molecular weight is 295 g/mol. The van der Waals surface area contributed by atoms with Crippen molar-refractivity contribution < 1.29 is 5.11 Å². The maximum absolute atomic E-state index is 9.03.